The molecular weight excluding hydrogens is 400 g/mol. The molecule has 0 radical (unpaired) electrons. The van der Waals surface area contributed by atoms with Gasteiger partial charge < -0.3 is 0 Å². The third-order valence-corrected chi connectivity index (χ3v) is 6.04. The van der Waals surface area contributed by atoms with Crippen molar-refractivity contribution in [3.8, 4) is 17.1 Å². The predicted octanol–water partition coefficient (Wildman–Crippen LogP) is 6.20. The first-order chi connectivity index (χ1) is 14.0. The largest absolute Gasteiger partial charge is 0.270 e. The zero-order valence-electron chi connectivity index (χ0n) is 16.6. The van der Waals surface area contributed by atoms with Crippen LogP contribution in [0.25, 0.3) is 17.1 Å². The molecule has 0 aliphatic carbocycles. The maximum atomic E-state index is 6.32. The van der Waals surface area contributed by atoms with Crippen molar-refractivity contribution in [1.29, 1.82) is 0 Å². The van der Waals surface area contributed by atoms with Crippen molar-refractivity contribution in [2.75, 3.05) is 0 Å². The maximum absolute atomic E-state index is 6.32. The summed E-state index contributed by atoms with van der Waals surface area (Å²) in [6, 6.07) is 16.3. The van der Waals surface area contributed by atoms with Crippen molar-refractivity contribution in [1.82, 2.24) is 19.7 Å². The minimum atomic E-state index is 0.682. The van der Waals surface area contributed by atoms with E-state index in [0.717, 1.165) is 33.5 Å². The van der Waals surface area contributed by atoms with E-state index in [0.29, 0.717) is 5.02 Å². The van der Waals surface area contributed by atoms with E-state index >= 15 is 0 Å². The van der Waals surface area contributed by atoms with Crippen LogP contribution < -0.4 is 0 Å². The molecule has 0 aliphatic rings. The highest BCUT2D eigenvalue weighted by molar-refractivity contribution is 7.98. The monoisotopic (exact) mass is 420 g/mol. The summed E-state index contributed by atoms with van der Waals surface area (Å²) in [6.07, 6.45) is 3.56. The molecule has 4 nitrogen and oxygen atoms in total. The van der Waals surface area contributed by atoms with Gasteiger partial charge in [-0.15, -0.1) is 10.2 Å². The van der Waals surface area contributed by atoms with Crippen LogP contribution in [0, 0.1) is 20.8 Å². The molecule has 2 aromatic heterocycles. The summed E-state index contributed by atoms with van der Waals surface area (Å²) in [5.41, 5.74) is 6.83. The van der Waals surface area contributed by atoms with Crippen LogP contribution in [-0.2, 0) is 5.75 Å². The molecule has 0 N–H and O–H groups in total. The minimum absolute atomic E-state index is 0.682. The summed E-state index contributed by atoms with van der Waals surface area (Å²) in [5, 5.41) is 10.5. The lowest BCUT2D eigenvalue weighted by molar-refractivity contribution is 0.880. The molecule has 0 amide bonds. The van der Waals surface area contributed by atoms with Gasteiger partial charge in [-0.2, -0.15) is 0 Å². The summed E-state index contributed by atoms with van der Waals surface area (Å²) < 4.78 is 2.08. The van der Waals surface area contributed by atoms with E-state index in [9.17, 15) is 0 Å². The van der Waals surface area contributed by atoms with Crippen LogP contribution in [0.4, 0.5) is 0 Å². The number of aromatic nitrogens is 4. The predicted molar refractivity (Wildman–Crippen MR) is 120 cm³/mol. The average molecular weight is 421 g/mol. The molecule has 4 rings (SSSR count). The van der Waals surface area contributed by atoms with Crippen molar-refractivity contribution >= 4 is 23.4 Å². The quantitative estimate of drug-likeness (QED) is 0.360. The number of aryl methyl sites for hydroxylation is 3. The SMILES string of the molecule is Cc1ccc(C)c(CSc2nnc(-c3cccnc3)n2-c2cc(Cl)ccc2C)c1. The average Bonchev–Trinajstić information content (AvgIpc) is 3.15. The lowest BCUT2D eigenvalue weighted by atomic mass is 10.1. The Morgan fingerprint density at radius 3 is 2.59 bits per heavy atom. The van der Waals surface area contributed by atoms with Gasteiger partial charge in [-0.1, -0.05) is 53.2 Å². The highest BCUT2D eigenvalue weighted by atomic mass is 35.5. The van der Waals surface area contributed by atoms with Gasteiger partial charge >= 0.3 is 0 Å². The second-order valence-corrected chi connectivity index (χ2v) is 8.41. The zero-order chi connectivity index (χ0) is 20.4. The highest BCUT2D eigenvalue weighted by Gasteiger charge is 2.18. The molecule has 6 heteroatoms. The summed E-state index contributed by atoms with van der Waals surface area (Å²) in [6.45, 7) is 6.33. The molecule has 29 heavy (non-hydrogen) atoms. The van der Waals surface area contributed by atoms with Gasteiger partial charge in [0.2, 0.25) is 0 Å². The third-order valence-electron chi connectivity index (χ3n) is 4.83. The normalized spacial score (nSPS) is 11.0. The number of halogens is 1. The lowest BCUT2D eigenvalue weighted by Gasteiger charge is -2.14. The fourth-order valence-electron chi connectivity index (χ4n) is 3.18. The molecule has 2 aromatic carbocycles. The summed E-state index contributed by atoms with van der Waals surface area (Å²) in [4.78, 5) is 4.25. The van der Waals surface area contributed by atoms with E-state index in [1.165, 1.54) is 16.7 Å². The van der Waals surface area contributed by atoms with E-state index in [2.05, 4.69) is 58.7 Å². The fraction of sp³-hybridized carbons (Fsp3) is 0.174. The first kappa shape index (κ1) is 19.7. The van der Waals surface area contributed by atoms with Gasteiger partial charge in [0.25, 0.3) is 0 Å². The van der Waals surface area contributed by atoms with Gasteiger partial charge in [0.1, 0.15) is 0 Å². The van der Waals surface area contributed by atoms with E-state index in [-0.39, 0.29) is 0 Å². The van der Waals surface area contributed by atoms with Gasteiger partial charge in [-0.3, -0.25) is 9.55 Å². The Morgan fingerprint density at radius 2 is 1.79 bits per heavy atom. The van der Waals surface area contributed by atoms with Crippen LogP contribution >= 0.6 is 23.4 Å². The van der Waals surface area contributed by atoms with E-state index in [4.69, 9.17) is 11.6 Å². The van der Waals surface area contributed by atoms with Crippen LogP contribution in [0.3, 0.4) is 0 Å². The molecule has 0 bridgehead atoms. The molecule has 4 aromatic rings. The maximum Gasteiger partial charge on any atom is 0.196 e. The first-order valence-electron chi connectivity index (χ1n) is 9.34. The molecule has 0 aliphatic heterocycles. The molecule has 0 fully saturated rings. The number of pyridine rings is 1. The molecular formula is C23H21ClN4S. The highest BCUT2D eigenvalue weighted by Crippen LogP contribution is 2.32. The molecule has 0 saturated carbocycles. The Hall–Kier alpha value is -2.63. The number of rotatable bonds is 5. The topological polar surface area (TPSA) is 43.6 Å². The Balaban J connectivity index is 1.79. The molecule has 0 unspecified atom stereocenters. The van der Waals surface area contributed by atoms with E-state index in [1.807, 2.05) is 30.3 Å². The van der Waals surface area contributed by atoms with Crippen LogP contribution in [0.1, 0.15) is 22.3 Å². The Morgan fingerprint density at radius 1 is 0.966 bits per heavy atom. The number of thioether (sulfide) groups is 1. The van der Waals surface area contributed by atoms with Crippen molar-refractivity contribution in [2.45, 2.75) is 31.7 Å². The standard InChI is InChI=1S/C23H21ClN4S/c1-15-6-7-16(2)19(11-15)14-29-23-27-26-22(18-5-4-10-25-13-18)28(23)21-12-20(24)9-8-17(21)3/h4-13H,14H2,1-3H3. The van der Waals surface area contributed by atoms with Gasteiger partial charge in [0.05, 0.1) is 5.69 Å². The van der Waals surface area contributed by atoms with Crippen LogP contribution in [0.5, 0.6) is 0 Å². The molecule has 146 valence electrons. The first-order valence-corrected chi connectivity index (χ1v) is 10.7. The molecule has 0 saturated heterocycles. The Labute approximate surface area is 180 Å². The summed E-state index contributed by atoms with van der Waals surface area (Å²) in [7, 11) is 0. The smallest absolute Gasteiger partial charge is 0.196 e. The lowest BCUT2D eigenvalue weighted by Crippen LogP contribution is -2.02. The van der Waals surface area contributed by atoms with Gasteiger partial charge in [0.15, 0.2) is 11.0 Å². The van der Waals surface area contributed by atoms with Gasteiger partial charge in [-0.25, -0.2) is 0 Å². The van der Waals surface area contributed by atoms with E-state index < -0.39 is 0 Å². The summed E-state index contributed by atoms with van der Waals surface area (Å²) >= 11 is 8.00. The number of hydrogen-bond donors (Lipinski definition) is 0. The van der Waals surface area contributed by atoms with Gasteiger partial charge in [-0.05, 0) is 61.7 Å². The number of benzene rings is 2. The minimum Gasteiger partial charge on any atom is -0.270 e. The van der Waals surface area contributed by atoms with Crippen molar-refractivity contribution in [3.63, 3.8) is 0 Å². The van der Waals surface area contributed by atoms with Gasteiger partial charge in [0, 0.05) is 28.7 Å². The Kier molecular flexibility index (Phi) is 5.69. The Bertz CT molecular complexity index is 1160. The number of hydrogen-bond acceptors (Lipinski definition) is 4. The second-order valence-electron chi connectivity index (χ2n) is 7.03. The van der Waals surface area contributed by atoms with E-state index in [1.54, 1.807) is 24.2 Å². The fourth-order valence-corrected chi connectivity index (χ4v) is 4.36. The number of nitrogens with zero attached hydrogens (tertiary/aromatic N) is 4. The molecule has 2 heterocycles. The van der Waals surface area contributed by atoms with Crippen molar-refractivity contribution < 1.29 is 0 Å². The van der Waals surface area contributed by atoms with Crippen LogP contribution in [-0.4, -0.2) is 19.7 Å². The third kappa shape index (κ3) is 4.21. The summed E-state index contributed by atoms with van der Waals surface area (Å²) in [5.74, 6) is 1.57. The van der Waals surface area contributed by atoms with Crippen molar-refractivity contribution in [2.24, 2.45) is 0 Å². The molecule has 0 spiro atoms. The molecule has 0 atom stereocenters. The van der Waals surface area contributed by atoms with Crippen molar-refractivity contribution in [3.05, 3.63) is 88.2 Å². The zero-order valence-corrected chi connectivity index (χ0v) is 18.1. The second kappa shape index (κ2) is 8.39. The van der Waals surface area contributed by atoms with Crippen LogP contribution in [0.15, 0.2) is 66.1 Å². The van der Waals surface area contributed by atoms with Crippen LogP contribution in [0.2, 0.25) is 5.02 Å².